The lowest BCUT2D eigenvalue weighted by molar-refractivity contribution is -0.0501. The van der Waals surface area contributed by atoms with E-state index >= 15 is 0 Å². The third-order valence-corrected chi connectivity index (χ3v) is 2.49. The van der Waals surface area contributed by atoms with Gasteiger partial charge in [0.15, 0.2) is 12.1 Å². The lowest BCUT2D eigenvalue weighted by atomic mass is 10.1. The third kappa shape index (κ3) is 2.85. The van der Waals surface area contributed by atoms with Crippen molar-refractivity contribution in [1.29, 1.82) is 0 Å². The van der Waals surface area contributed by atoms with Gasteiger partial charge in [0, 0.05) is 10.0 Å². The van der Waals surface area contributed by atoms with Crippen LogP contribution in [0.2, 0.25) is 0 Å². The van der Waals surface area contributed by atoms with Crippen molar-refractivity contribution in [3.8, 4) is 5.75 Å². The van der Waals surface area contributed by atoms with Crippen LogP contribution in [0.1, 0.15) is 27.6 Å². The number of carbonyl (C=O) groups is 2. The molecule has 0 N–H and O–H groups in total. The monoisotopic (exact) mass is 292 g/mol. The highest BCUT2D eigenvalue weighted by Gasteiger charge is 2.15. The molecule has 1 aromatic rings. The molecule has 0 aliphatic carbocycles. The molecule has 0 aromatic heterocycles. The average Bonchev–Trinajstić information content (AvgIpc) is 2.16. The van der Waals surface area contributed by atoms with E-state index in [0.717, 1.165) is 6.07 Å². The summed E-state index contributed by atoms with van der Waals surface area (Å²) in [6.45, 7) is -1.76. The number of benzene rings is 1. The molecule has 6 heteroatoms. The Balaban J connectivity index is 3.30. The largest absolute Gasteiger partial charge is 0.434 e. The summed E-state index contributed by atoms with van der Waals surface area (Å²) < 4.78 is 28.5. The van der Waals surface area contributed by atoms with Crippen LogP contribution < -0.4 is 4.74 Å². The van der Waals surface area contributed by atoms with Gasteiger partial charge in [0.2, 0.25) is 0 Å². The molecule has 0 bridgehead atoms. The lowest BCUT2D eigenvalue weighted by Gasteiger charge is -2.09. The quantitative estimate of drug-likeness (QED) is 0.633. The minimum Gasteiger partial charge on any atom is -0.434 e. The number of ether oxygens (including phenoxy) is 1. The summed E-state index contributed by atoms with van der Waals surface area (Å²) >= 11 is 3.01. The van der Waals surface area contributed by atoms with Crippen molar-refractivity contribution < 1.29 is 23.1 Å². The third-order valence-electron chi connectivity index (χ3n) is 1.83. The molecule has 0 amide bonds. The lowest BCUT2D eigenvalue weighted by Crippen LogP contribution is -2.06. The van der Waals surface area contributed by atoms with Gasteiger partial charge in [-0.2, -0.15) is 8.78 Å². The molecule has 16 heavy (non-hydrogen) atoms. The maximum atomic E-state index is 12.1. The van der Waals surface area contributed by atoms with Crippen LogP contribution in [0.3, 0.4) is 0 Å². The molecule has 1 rings (SSSR count). The highest BCUT2D eigenvalue weighted by molar-refractivity contribution is 9.10. The van der Waals surface area contributed by atoms with Gasteiger partial charge in [-0.15, -0.1) is 0 Å². The summed E-state index contributed by atoms with van der Waals surface area (Å²) in [6, 6.07) is 2.49. The Bertz CT molecular complexity index is 432. The summed E-state index contributed by atoms with van der Waals surface area (Å²) in [5, 5.41) is 0. The van der Waals surface area contributed by atoms with E-state index in [2.05, 4.69) is 20.7 Å². The second-order valence-corrected chi connectivity index (χ2v) is 3.78. The fraction of sp³-hybridized carbons (Fsp3) is 0.200. The fourth-order valence-electron chi connectivity index (χ4n) is 1.10. The Hall–Kier alpha value is -1.30. The predicted molar refractivity (Wildman–Crippen MR) is 56.2 cm³/mol. The Kier molecular flexibility index (Phi) is 4.12. The topological polar surface area (TPSA) is 43.4 Å². The van der Waals surface area contributed by atoms with Crippen LogP contribution in [0.25, 0.3) is 0 Å². The Morgan fingerprint density at radius 2 is 2.12 bits per heavy atom. The number of hydrogen-bond acceptors (Lipinski definition) is 3. The zero-order chi connectivity index (χ0) is 12.3. The van der Waals surface area contributed by atoms with Crippen LogP contribution >= 0.6 is 15.9 Å². The molecule has 86 valence electrons. The van der Waals surface area contributed by atoms with E-state index in [-0.39, 0.29) is 27.1 Å². The van der Waals surface area contributed by atoms with Gasteiger partial charge in [-0.1, -0.05) is 0 Å². The maximum Gasteiger partial charge on any atom is 0.387 e. The molecule has 1 aromatic carbocycles. The van der Waals surface area contributed by atoms with E-state index in [9.17, 15) is 18.4 Å². The molecule has 0 fully saturated rings. The van der Waals surface area contributed by atoms with Crippen molar-refractivity contribution in [2.45, 2.75) is 13.5 Å². The Morgan fingerprint density at radius 3 is 2.56 bits per heavy atom. The normalized spacial score (nSPS) is 10.3. The molecule has 0 atom stereocenters. The van der Waals surface area contributed by atoms with E-state index in [1.807, 2.05) is 0 Å². The summed E-state index contributed by atoms with van der Waals surface area (Å²) in [7, 11) is 0. The Morgan fingerprint density at radius 1 is 1.50 bits per heavy atom. The number of rotatable bonds is 4. The molecule has 0 unspecified atom stereocenters. The molecular weight excluding hydrogens is 286 g/mol. The first-order valence-corrected chi connectivity index (χ1v) is 4.99. The molecule has 0 aliphatic heterocycles. The number of carbonyl (C=O) groups excluding carboxylic acids is 2. The van der Waals surface area contributed by atoms with Crippen LogP contribution in [0.4, 0.5) is 8.78 Å². The van der Waals surface area contributed by atoms with Crippen LogP contribution in [0, 0.1) is 0 Å². The first-order chi connectivity index (χ1) is 7.45. The summed E-state index contributed by atoms with van der Waals surface area (Å²) in [6.07, 6.45) is 0.381. The van der Waals surface area contributed by atoms with Gasteiger partial charge in [0.25, 0.3) is 0 Å². The average molecular weight is 293 g/mol. The van der Waals surface area contributed by atoms with E-state index < -0.39 is 6.61 Å². The first kappa shape index (κ1) is 12.8. The van der Waals surface area contributed by atoms with Gasteiger partial charge in [-0.3, -0.25) is 9.59 Å². The molecule has 0 aliphatic rings. The van der Waals surface area contributed by atoms with E-state index in [0.29, 0.717) is 6.29 Å². The number of halogens is 3. The minimum absolute atomic E-state index is 0.0506. The molecule has 0 spiro atoms. The molecular formula is C10H7BrF2O3. The molecule has 0 saturated carbocycles. The van der Waals surface area contributed by atoms with Crippen molar-refractivity contribution >= 4 is 28.0 Å². The summed E-state index contributed by atoms with van der Waals surface area (Å²) in [4.78, 5) is 21.8. The molecule has 3 nitrogen and oxygen atoms in total. The SMILES string of the molecule is CC(=O)c1cc(Br)c(C=O)c(OC(F)F)c1. The van der Waals surface area contributed by atoms with Crippen LogP contribution in [0.5, 0.6) is 5.75 Å². The minimum atomic E-state index is -3.05. The number of alkyl halides is 2. The van der Waals surface area contributed by atoms with E-state index in [1.165, 1.54) is 13.0 Å². The molecule has 0 heterocycles. The van der Waals surface area contributed by atoms with Crippen molar-refractivity contribution in [1.82, 2.24) is 0 Å². The van der Waals surface area contributed by atoms with Crippen molar-refractivity contribution in [2.75, 3.05) is 0 Å². The van der Waals surface area contributed by atoms with Gasteiger partial charge in [-0.05, 0) is 35.0 Å². The van der Waals surface area contributed by atoms with Gasteiger partial charge in [-0.25, -0.2) is 0 Å². The molecule has 0 saturated heterocycles. The standard InChI is InChI=1S/C10H7BrF2O3/c1-5(15)6-2-8(11)7(4-14)9(3-6)16-10(12)13/h2-4,10H,1H3. The maximum absolute atomic E-state index is 12.1. The number of hydrogen-bond donors (Lipinski definition) is 0. The van der Waals surface area contributed by atoms with Crippen LogP contribution in [-0.2, 0) is 0 Å². The van der Waals surface area contributed by atoms with Crippen molar-refractivity contribution in [2.24, 2.45) is 0 Å². The smallest absolute Gasteiger partial charge is 0.387 e. The van der Waals surface area contributed by atoms with Gasteiger partial charge < -0.3 is 4.74 Å². The summed E-state index contributed by atoms with van der Waals surface area (Å²) in [5.41, 5.74) is 0.137. The Labute approximate surface area is 98.5 Å². The second kappa shape index (κ2) is 5.16. The fourth-order valence-corrected chi connectivity index (χ4v) is 1.64. The second-order valence-electron chi connectivity index (χ2n) is 2.92. The number of aldehydes is 1. The first-order valence-electron chi connectivity index (χ1n) is 4.20. The van der Waals surface area contributed by atoms with Crippen LogP contribution in [0.15, 0.2) is 16.6 Å². The van der Waals surface area contributed by atoms with E-state index in [1.54, 1.807) is 0 Å². The van der Waals surface area contributed by atoms with Crippen molar-refractivity contribution in [3.63, 3.8) is 0 Å². The van der Waals surface area contributed by atoms with Gasteiger partial charge >= 0.3 is 6.61 Å². The van der Waals surface area contributed by atoms with Gasteiger partial charge in [0.1, 0.15) is 5.75 Å². The predicted octanol–water partition coefficient (Wildman–Crippen LogP) is 3.07. The number of ketones is 1. The number of Topliss-reactive ketones (excluding diaryl/α,β-unsaturated/α-hetero) is 1. The van der Waals surface area contributed by atoms with Crippen molar-refractivity contribution in [3.05, 3.63) is 27.7 Å². The summed E-state index contributed by atoms with van der Waals surface area (Å²) in [5.74, 6) is -0.623. The zero-order valence-corrected chi connectivity index (χ0v) is 9.75. The van der Waals surface area contributed by atoms with E-state index in [4.69, 9.17) is 0 Å². The highest BCUT2D eigenvalue weighted by atomic mass is 79.9. The highest BCUT2D eigenvalue weighted by Crippen LogP contribution is 2.28. The molecule has 0 radical (unpaired) electrons. The zero-order valence-electron chi connectivity index (χ0n) is 8.17. The van der Waals surface area contributed by atoms with Gasteiger partial charge in [0.05, 0.1) is 5.56 Å². The van der Waals surface area contributed by atoms with Crippen LogP contribution in [-0.4, -0.2) is 18.7 Å².